The molecule has 132 valence electrons. The van der Waals surface area contributed by atoms with E-state index in [1.54, 1.807) is 30.9 Å². The maximum absolute atomic E-state index is 13.7. The number of carboxylic acid groups (broad SMARTS) is 1. The summed E-state index contributed by atoms with van der Waals surface area (Å²) >= 11 is 0. The van der Waals surface area contributed by atoms with Gasteiger partial charge in [-0.15, -0.1) is 0 Å². The van der Waals surface area contributed by atoms with Crippen LogP contribution < -0.4 is 0 Å². The predicted octanol–water partition coefficient (Wildman–Crippen LogP) is 4.91. The molecule has 2 aromatic carbocycles. The number of hydrogen-bond acceptors (Lipinski definition) is 4. The van der Waals surface area contributed by atoms with Crippen molar-refractivity contribution in [1.82, 2.24) is 9.97 Å². The molecule has 0 aliphatic rings. The molecule has 0 unspecified atom stereocenters. The molecule has 2 heterocycles. The van der Waals surface area contributed by atoms with Crippen LogP contribution in [0.4, 0.5) is 4.39 Å². The Morgan fingerprint density at radius 3 is 2.56 bits per heavy atom. The standard InChI is InChI=1S/C21H13FN2O3/c22-18-5-4-14(11-17(18)21(25)26)13-2-1-3-15(10-13)20-23-8-6-19(24-20)16-7-9-27-12-16/h1-12H,(H,25,26). The van der Waals surface area contributed by atoms with Crippen molar-refractivity contribution in [2.24, 2.45) is 0 Å². The SMILES string of the molecule is O=C(O)c1cc(-c2cccc(-c3nccc(-c4ccoc4)n3)c2)ccc1F. The Hall–Kier alpha value is -3.80. The number of aromatic carboxylic acids is 1. The molecule has 2 aromatic heterocycles. The first kappa shape index (κ1) is 16.7. The Kier molecular flexibility index (Phi) is 4.22. The van der Waals surface area contributed by atoms with Gasteiger partial charge in [-0.2, -0.15) is 0 Å². The van der Waals surface area contributed by atoms with Gasteiger partial charge in [0.25, 0.3) is 0 Å². The zero-order valence-electron chi connectivity index (χ0n) is 14.0. The molecule has 1 N–H and O–H groups in total. The monoisotopic (exact) mass is 360 g/mol. The molecule has 0 aliphatic carbocycles. The van der Waals surface area contributed by atoms with Crippen molar-refractivity contribution in [1.29, 1.82) is 0 Å². The molecule has 6 heteroatoms. The minimum Gasteiger partial charge on any atom is -0.478 e. The quantitative estimate of drug-likeness (QED) is 0.560. The minimum absolute atomic E-state index is 0.365. The Morgan fingerprint density at radius 1 is 0.963 bits per heavy atom. The average molecular weight is 360 g/mol. The minimum atomic E-state index is -1.30. The largest absolute Gasteiger partial charge is 0.478 e. The lowest BCUT2D eigenvalue weighted by Crippen LogP contribution is -2.00. The molecular formula is C21H13FN2O3. The average Bonchev–Trinajstić information content (AvgIpc) is 3.23. The zero-order chi connectivity index (χ0) is 18.8. The predicted molar refractivity (Wildman–Crippen MR) is 97.5 cm³/mol. The van der Waals surface area contributed by atoms with Crippen molar-refractivity contribution in [2.45, 2.75) is 0 Å². The first-order valence-corrected chi connectivity index (χ1v) is 8.11. The topological polar surface area (TPSA) is 76.2 Å². The van der Waals surface area contributed by atoms with Gasteiger partial charge in [-0.3, -0.25) is 0 Å². The summed E-state index contributed by atoms with van der Waals surface area (Å²) < 4.78 is 18.7. The molecule has 5 nitrogen and oxygen atoms in total. The molecule has 4 aromatic rings. The van der Waals surface area contributed by atoms with Crippen LogP contribution in [-0.2, 0) is 0 Å². The molecule has 0 bridgehead atoms. The maximum Gasteiger partial charge on any atom is 0.338 e. The Labute approximate surface area is 153 Å². The summed E-state index contributed by atoms with van der Waals surface area (Å²) in [4.78, 5) is 20.0. The Balaban J connectivity index is 1.75. The molecule has 0 atom stereocenters. The summed E-state index contributed by atoms with van der Waals surface area (Å²) in [5.41, 5.74) is 3.32. The number of rotatable bonds is 4. The van der Waals surface area contributed by atoms with E-state index in [0.717, 1.165) is 28.5 Å². The van der Waals surface area contributed by atoms with Crippen LogP contribution in [0.15, 0.2) is 77.7 Å². The second-order valence-electron chi connectivity index (χ2n) is 5.86. The summed E-state index contributed by atoms with van der Waals surface area (Å²) in [6.07, 6.45) is 4.85. The van der Waals surface area contributed by atoms with Crippen LogP contribution >= 0.6 is 0 Å². The van der Waals surface area contributed by atoms with Crippen LogP contribution in [0.1, 0.15) is 10.4 Å². The molecule has 0 amide bonds. The second kappa shape index (κ2) is 6.84. The van der Waals surface area contributed by atoms with E-state index in [1.807, 2.05) is 30.3 Å². The fraction of sp³-hybridized carbons (Fsp3) is 0. The lowest BCUT2D eigenvalue weighted by molar-refractivity contribution is 0.0692. The van der Waals surface area contributed by atoms with Gasteiger partial charge in [0.15, 0.2) is 5.82 Å². The van der Waals surface area contributed by atoms with E-state index in [4.69, 9.17) is 9.52 Å². The van der Waals surface area contributed by atoms with Gasteiger partial charge in [-0.25, -0.2) is 19.2 Å². The number of nitrogens with zero attached hydrogens (tertiary/aromatic N) is 2. The molecule has 0 saturated heterocycles. The third kappa shape index (κ3) is 3.32. The molecule has 0 saturated carbocycles. The molecule has 0 spiro atoms. The molecule has 27 heavy (non-hydrogen) atoms. The highest BCUT2D eigenvalue weighted by Crippen LogP contribution is 2.27. The number of benzene rings is 2. The summed E-state index contributed by atoms with van der Waals surface area (Å²) in [7, 11) is 0. The van der Waals surface area contributed by atoms with Crippen LogP contribution in [0.3, 0.4) is 0 Å². The van der Waals surface area contributed by atoms with Crippen molar-refractivity contribution < 1.29 is 18.7 Å². The normalized spacial score (nSPS) is 10.7. The third-order valence-electron chi connectivity index (χ3n) is 4.12. The van der Waals surface area contributed by atoms with Crippen molar-refractivity contribution in [2.75, 3.05) is 0 Å². The summed E-state index contributed by atoms with van der Waals surface area (Å²) in [6, 6.07) is 15.0. The van der Waals surface area contributed by atoms with Crippen molar-refractivity contribution in [3.05, 3.63) is 84.7 Å². The van der Waals surface area contributed by atoms with Crippen LogP contribution in [0.25, 0.3) is 33.8 Å². The first-order chi connectivity index (χ1) is 13.1. The number of aromatic nitrogens is 2. The van der Waals surface area contributed by atoms with Crippen molar-refractivity contribution in [3.8, 4) is 33.8 Å². The Bertz CT molecular complexity index is 1120. The van der Waals surface area contributed by atoms with E-state index in [2.05, 4.69) is 9.97 Å². The lowest BCUT2D eigenvalue weighted by Gasteiger charge is -2.07. The molecule has 0 aliphatic heterocycles. The molecule has 0 radical (unpaired) electrons. The van der Waals surface area contributed by atoms with E-state index in [0.29, 0.717) is 11.4 Å². The van der Waals surface area contributed by atoms with Gasteiger partial charge in [0, 0.05) is 17.3 Å². The van der Waals surface area contributed by atoms with Gasteiger partial charge in [0.1, 0.15) is 5.82 Å². The highest BCUT2D eigenvalue weighted by atomic mass is 19.1. The van der Waals surface area contributed by atoms with Gasteiger partial charge in [-0.1, -0.05) is 24.3 Å². The van der Waals surface area contributed by atoms with Gasteiger partial charge in [0.05, 0.1) is 23.8 Å². The third-order valence-corrected chi connectivity index (χ3v) is 4.12. The smallest absolute Gasteiger partial charge is 0.338 e. The molecular weight excluding hydrogens is 347 g/mol. The first-order valence-electron chi connectivity index (χ1n) is 8.11. The Morgan fingerprint density at radius 2 is 1.78 bits per heavy atom. The van der Waals surface area contributed by atoms with E-state index >= 15 is 0 Å². The van der Waals surface area contributed by atoms with Crippen LogP contribution in [-0.4, -0.2) is 21.0 Å². The zero-order valence-corrected chi connectivity index (χ0v) is 14.0. The van der Waals surface area contributed by atoms with Crippen LogP contribution in [0, 0.1) is 5.82 Å². The van der Waals surface area contributed by atoms with Crippen molar-refractivity contribution in [3.63, 3.8) is 0 Å². The lowest BCUT2D eigenvalue weighted by atomic mass is 10.0. The molecule has 0 fully saturated rings. The summed E-state index contributed by atoms with van der Waals surface area (Å²) in [5.74, 6) is -1.55. The van der Waals surface area contributed by atoms with Crippen molar-refractivity contribution >= 4 is 5.97 Å². The highest BCUT2D eigenvalue weighted by Gasteiger charge is 2.12. The van der Waals surface area contributed by atoms with E-state index < -0.39 is 11.8 Å². The summed E-state index contributed by atoms with van der Waals surface area (Å²) in [6.45, 7) is 0. The van der Waals surface area contributed by atoms with Crippen LogP contribution in [0.5, 0.6) is 0 Å². The summed E-state index contributed by atoms with van der Waals surface area (Å²) in [5, 5.41) is 9.12. The number of carboxylic acids is 1. The van der Waals surface area contributed by atoms with Gasteiger partial charge in [0.2, 0.25) is 0 Å². The van der Waals surface area contributed by atoms with E-state index in [9.17, 15) is 9.18 Å². The fourth-order valence-corrected chi connectivity index (χ4v) is 2.78. The second-order valence-corrected chi connectivity index (χ2v) is 5.86. The number of carbonyl (C=O) groups is 1. The number of halogens is 1. The molecule has 4 rings (SSSR count). The maximum atomic E-state index is 13.7. The van der Waals surface area contributed by atoms with E-state index in [1.165, 1.54) is 6.07 Å². The van der Waals surface area contributed by atoms with Gasteiger partial charge in [-0.05, 0) is 41.5 Å². The van der Waals surface area contributed by atoms with Gasteiger partial charge < -0.3 is 9.52 Å². The van der Waals surface area contributed by atoms with E-state index in [-0.39, 0.29) is 5.56 Å². The van der Waals surface area contributed by atoms with Crippen LogP contribution in [0.2, 0.25) is 0 Å². The fourth-order valence-electron chi connectivity index (χ4n) is 2.78. The highest BCUT2D eigenvalue weighted by molar-refractivity contribution is 5.90. The number of hydrogen-bond donors (Lipinski definition) is 1. The number of furan rings is 1. The van der Waals surface area contributed by atoms with Gasteiger partial charge >= 0.3 is 5.97 Å².